The lowest BCUT2D eigenvalue weighted by atomic mass is 10.2. The lowest BCUT2D eigenvalue weighted by Gasteiger charge is -2.11. The monoisotopic (exact) mass is 285 g/mol. The number of phenols is 1. The molecule has 20 heavy (non-hydrogen) atoms. The van der Waals surface area contributed by atoms with Gasteiger partial charge in [-0.1, -0.05) is 18.2 Å². The Morgan fingerprint density at radius 2 is 1.90 bits per heavy atom. The molecule has 1 heterocycles. The molecule has 0 radical (unpaired) electrons. The minimum atomic E-state index is 0.161. The standard InChI is InChI=1S/C15H12ClN3O/c1-9-6-7-13(20)12(8-9)17-14-10-4-2-3-5-11(10)18-15(16)19-14/h2-8,20H,1H3,(H,17,18,19). The molecule has 3 aromatic rings. The molecule has 3 rings (SSSR count). The Bertz CT molecular complexity index is 789. The lowest BCUT2D eigenvalue weighted by Crippen LogP contribution is -1.97. The molecule has 4 nitrogen and oxygen atoms in total. The maximum Gasteiger partial charge on any atom is 0.224 e. The predicted molar refractivity (Wildman–Crippen MR) is 80.7 cm³/mol. The van der Waals surface area contributed by atoms with E-state index in [9.17, 15) is 5.11 Å². The van der Waals surface area contributed by atoms with Crippen molar-refractivity contribution in [2.45, 2.75) is 6.92 Å². The van der Waals surface area contributed by atoms with Crippen LogP contribution in [0.1, 0.15) is 5.56 Å². The first kappa shape index (κ1) is 12.7. The number of phenolic OH excluding ortho intramolecular Hbond substituents is 1. The van der Waals surface area contributed by atoms with Gasteiger partial charge in [-0.25, -0.2) is 4.98 Å². The summed E-state index contributed by atoms with van der Waals surface area (Å²) < 4.78 is 0. The van der Waals surface area contributed by atoms with Crippen molar-refractivity contribution in [2.24, 2.45) is 0 Å². The molecule has 0 spiro atoms. The van der Waals surface area contributed by atoms with Gasteiger partial charge in [0.25, 0.3) is 0 Å². The zero-order chi connectivity index (χ0) is 14.1. The number of aromatic hydroxyl groups is 1. The number of nitrogens with one attached hydrogen (secondary N) is 1. The number of halogens is 1. The Balaban J connectivity index is 2.13. The number of hydrogen-bond donors (Lipinski definition) is 2. The number of para-hydroxylation sites is 1. The van der Waals surface area contributed by atoms with Crippen LogP contribution in [0.4, 0.5) is 11.5 Å². The zero-order valence-corrected chi connectivity index (χ0v) is 11.5. The summed E-state index contributed by atoms with van der Waals surface area (Å²) in [5.74, 6) is 0.732. The average molecular weight is 286 g/mol. The van der Waals surface area contributed by atoms with Crippen molar-refractivity contribution < 1.29 is 5.11 Å². The SMILES string of the molecule is Cc1ccc(O)c(Nc2nc(Cl)nc3ccccc23)c1. The summed E-state index contributed by atoms with van der Waals surface area (Å²) in [5, 5.41) is 14.0. The minimum absolute atomic E-state index is 0.161. The second-order valence-corrected chi connectivity index (χ2v) is 4.84. The maximum atomic E-state index is 9.90. The largest absolute Gasteiger partial charge is 0.506 e. The zero-order valence-electron chi connectivity index (χ0n) is 10.8. The Hall–Kier alpha value is -2.33. The third-order valence-corrected chi connectivity index (χ3v) is 3.15. The fourth-order valence-corrected chi connectivity index (χ4v) is 2.20. The second-order valence-electron chi connectivity index (χ2n) is 4.50. The van der Waals surface area contributed by atoms with E-state index in [1.807, 2.05) is 43.3 Å². The molecule has 1 aromatic heterocycles. The van der Waals surface area contributed by atoms with E-state index in [4.69, 9.17) is 11.6 Å². The van der Waals surface area contributed by atoms with Crippen LogP contribution < -0.4 is 5.32 Å². The molecular formula is C15H12ClN3O. The number of fused-ring (bicyclic) bond motifs is 1. The minimum Gasteiger partial charge on any atom is -0.506 e. The van der Waals surface area contributed by atoms with Gasteiger partial charge >= 0.3 is 0 Å². The van der Waals surface area contributed by atoms with E-state index in [1.165, 1.54) is 0 Å². The fourth-order valence-electron chi connectivity index (χ4n) is 2.02. The highest BCUT2D eigenvalue weighted by atomic mass is 35.5. The molecule has 0 saturated carbocycles. The Labute approximate surface area is 121 Å². The van der Waals surface area contributed by atoms with E-state index in [2.05, 4.69) is 15.3 Å². The molecule has 0 amide bonds. The van der Waals surface area contributed by atoms with Crippen molar-refractivity contribution in [3.8, 4) is 5.75 Å². The predicted octanol–water partition coefficient (Wildman–Crippen LogP) is 4.04. The van der Waals surface area contributed by atoms with Gasteiger partial charge in [0, 0.05) is 5.39 Å². The summed E-state index contributed by atoms with van der Waals surface area (Å²) in [6.07, 6.45) is 0. The molecule has 0 bridgehead atoms. The lowest BCUT2D eigenvalue weighted by molar-refractivity contribution is 0.477. The van der Waals surface area contributed by atoms with E-state index in [0.29, 0.717) is 11.5 Å². The van der Waals surface area contributed by atoms with E-state index >= 15 is 0 Å². The van der Waals surface area contributed by atoms with Crippen molar-refractivity contribution in [3.63, 3.8) is 0 Å². The molecular weight excluding hydrogens is 274 g/mol. The van der Waals surface area contributed by atoms with Gasteiger partial charge in [0.2, 0.25) is 5.28 Å². The van der Waals surface area contributed by atoms with Crippen LogP contribution in [0.25, 0.3) is 10.9 Å². The molecule has 0 aliphatic rings. The molecule has 0 fully saturated rings. The Morgan fingerprint density at radius 1 is 1.10 bits per heavy atom. The fraction of sp³-hybridized carbons (Fsp3) is 0.0667. The first-order chi connectivity index (χ1) is 9.63. The Morgan fingerprint density at radius 3 is 2.75 bits per heavy atom. The number of hydrogen-bond acceptors (Lipinski definition) is 4. The summed E-state index contributed by atoms with van der Waals surface area (Å²) in [5.41, 5.74) is 2.38. The normalized spacial score (nSPS) is 10.7. The third-order valence-electron chi connectivity index (χ3n) is 2.98. The van der Waals surface area contributed by atoms with Gasteiger partial charge in [0.15, 0.2) is 0 Å². The van der Waals surface area contributed by atoms with Crippen LogP contribution in [-0.2, 0) is 0 Å². The first-order valence-electron chi connectivity index (χ1n) is 6.12. The first-order valence-corrected chi connectivity index (χ1v) is 6.50. The molecule has 2 N–H and O–H groups in total. The van der Waals surface area contributed by atoms with Crippen LogP contribution in [0.3, 0.4) is 0 Å². The summed E-state index contributed by atoms with van der Waals surface area (Å²) in [6, 6.07) is 12.9. The van der Waals surface area contributed by atoms with Gasteiger partial charge < -0.3 is 10.4 Å². The smallest absolute Gasteiger partial charge is 0.224 e. The van der Waals surface area contributed by atoms with Crippen molar-refractivity contribution in [2.75, 3.05) is 5.32 Å². The van der Waals surface area contributed by atoms with E-state index in [0.717, 1.165) is 16.5 Å². The molecule has 100 valence electrons. The highest BCUT2D eigenvalue weighted by Crippen LogP contribution is 2.30. The van der Waals surface area contributed by atoms with Crippen LogP contribution in [0.5, 0.6) is 5.75 Å². The number of nitrogens with zero attached hydrogens (tertiary/aromatic N) is 2. The van der Waals surface area contributed by atoms with E-state index < -0.39 is 0 Å². The number of aromatic nitrogens is 2. The van der Waals surface area contributed by atoms with Crippen LogP contribution in [0.2, 0.25) is 5.28 Å². The molecule has 0 aliphatic heterocycles. The van der Waals surface area contributed by atoms with Crippen LogP contribution >= 0.6 is 11.6 Å². The van der Waals surface area contributed by atoms with Crippen LogP contribution in [-0.4, -0.2) is 15.1 Å². The van der Waals surface area contributed by atoms with Gasteiger partial charge in [0.05, 0.1) is 11.2 Å². The second kappa shape index (κ2) is 4.98. The summed E-state index contributed by atoms with van der Waals surface area (Å²) in [6.45, 7) is 1.95. The van der Waals surface area contributed by atoms with Gasteiger partial charge in [-0.3, -0.25) is 0 Å². The van der Waals surface area contributed by atoms with E-state index in [-0.39, 0.29) is 11.0 Å². The number of aryl methyl sites for hydroxylation is 1. The van der Waals surface area contributed by atoms with Crippen LogP contribution in [0.15, 0.2) is 42.5 Å². The van der Waals surface area contributed by atoms with Crippen molar-refractivity contribution in [3.05, 3.63) is 53.3 Å². The van der Waals surface area contributed by atoms with Gasteiger partial charge in [-0.15, -0.1) is 0 Å². The highest BCUT2D eigenvalue weighted by Gasteiger charge is 2.08. The van der Waals surface area contributed by atoms with Crippen LogP contribution in [0, 0.1) is 6.92 Å². The molecule has 5 heteroatoms. The molecule has 2 aromatic carbocycles. The Kier molecular flexibility index (Phi) is 3.16. The quantitative estimate of drug-likeness (QED) is 0.551. The van der Waals surface area contributed by atoms with Gasteiger partial charge in [0.1, 0.15) is 11.6 Å². The summed E-state index contributed by atoms with van der Waals surface area (Å²) in [4.78, 5) is 8.37. The number of anilines is 2. The highest BCUT2D eigenvalue weighted by molar-refractivity contribution is 6.28. The topological polar surface area (TPSA) is 58.0 Å². The molecule has 0 aliphatic carbocycles. The van der Waals surface area contributed by atoms with E-state index in [1.54, 1.807) is 6.07 Å². The number of rotatable bonds is 2. The number of benzene rings is 2. The van der Waals surface area contributed by atoms with Crippen molar-refractivity contribution in [1.82, 2.24) is 9.97 Å². The molecule has 0 unspecified atom stereocenters. The average Bonchev–Trinajstić information content (AvgIpc) is 2.43. The summed E-state index contributed by atoms with van der Waals surface area (Å²) in [7, 11) is 0. The summed E-state index contributed by atoms with van der Waals surface area (Å²) >= 11 is 5.94. The van der Waals surface area contributed by atoms with Crippen molar-refractivity contribution >= 4 is 34.0 Å². The maximum absolute atomic E-state index is 9.90. The van der Waals surface area contributed by atoms with Gasteiger partial charge in [-0.05, 0) is 48.4 Å². The molecule has 0 atom stereocenters. The third kappa shape index (κ3) is 2.38. The van der Waals surface area contributed by atoms with Crippen molar-refractivity contribution in [1.29, 1.82) is 0 Å². The van der Waals surface area contributed by atoms with Gasteiger partial charge in [-0.2, -0.15) is 4.98 Å². The molecule has 0 saturated heterocycles.